The second-order valence-corrected chi connectivity index (χ2v) is 15.2. The predicted molar refractivity (Wildman–Crippen MR) is 212 cm³/mol. The summed E-state index contributed by atoms with van der Waals surface area (Å²) in [7, 11) is 1.73. The second-order valence-electron chi connectivity index (χ2n) is 15.2. The molecule has 3 fully saturated rings. The molecular weight excluding hydrogens is 712 g/mol. The predicted octanol–water partition coefficient (Wildman–Crippen LogP) is 5.05. The molecule has 9 rings (SSSR count). The number of carbonyl (C=O) groups is 2. The van der Waals surface area contributed by atoms with Crippen LogP contribution in [0.3, 0.4) is 0 Å². The van der Waals surface area contributed by atoms with Crippen molar-refractivity contribution in [2.24, 2.45) is 7.05 Å². The highest BCUT2D eigenvalue weighted by atomic mass is 19.1. The topological polar surface area (TPSA) is 126 Å². The van der Waals surface area contributed by atoms with E-state index in [9.17, 15) is 18.8 Å². The number of piperazine rings is 1. The van der Waals surface area contributed by atoms with Crippen LogP contribution in [0, 0.1) is 5.82 Å². The first-order chi connectivity index (χ1) is 27.3. The number of unbranched alkanes of at least 4 members (excludes halogenated alkanes) is 1. The molecule has 4 aromatic heterocycles. The third-order valence-corrected chi connectivity index (χ3v) is 11.7. The standard InChI is InChI=1S/C42H45FN10O3/c1-48-35-25-28(13-14-33(35)52(42(48)56)34-15-18-40(54)46-41(34)55)7-2-3-19-49-21-23-50(24-22-49)38-12-5-10-31(45-38)36-27-44-37-16-17-39(47-53(36)37)51-20-6-11-32(51)29-8-4-9-30(43)26-29/h4-5,8-10,12-14,16-17,25-27,32,34H,2-3,6-7,11,15,18-24H2,1H3,(H,46,54,55)/t32-,34?/m1/s1. The Morgan fingerprint density at radius 2 is 1.70 bits per heavy atom. The van der Waals surface area contributed by atoms with Gasteiger partial charge in [0.15, 0.2) is 5.65 Å². The molecule has 0 bridgehead atoms. The van der Waals surface area contributed by atoms with Gasteiger partial charge in [0.05, 0.1) is 29.0 Å². The Hall–Kier alpha value is -5.89. The highest BCUT2D eigenvalue weighted by Gasteiger charge is 2.32. The number of piperidine rings is 1. The molecule has 0 saturated carbocycles. The van der Waals surface area contributed by atoms with Crippen molar-refractivity contribution in [3.63, 3.8) is 0 Å². The molecule has 2 aromatic carbocycles. The van der Waals surface area contributed by atoms with E-state index < -0.39 is 11.9 Å². The average molecular weight is 757 g/mol. The third-order valence-electron chi connectivity index (χ3n) is 11.7. The number of imide groups is 1. The van der Waals surface area contributed by atoms with Gasteiger partial charge in [-0.25, -0.2) is 23.7 Å². The number of imidazole rings is 2. The summed E-state index contributed by atoms with van der Waals surface area (Å²) in [6.07, 6.45) is 7.33. The molecule has 56 heavy (non-hydrogen) atoms. The monoisotopic (exact) mass is 756 g/mol. The van der Waals surface area contributed by atoms with E-state index in [-0.39, 0.29) is 29.9 Å². The summed E-state index contributed by atoms with van der Waals surface area (Å²) in [5.74, 6) is 0.844. The fraction of sp³-hybridized carbons (Fsp3) is 0.381. The van der Waals surface area contributed by atoms with E-state index in [1.165, 1.54) is 10.6 Å². The minimum Gasteiger partial charge on any atom is -0.354 e. The highest BCUT2D eigenvalue weighted by Crippen LogP contribution is 2.36. The number of rotatable bonds is 10. The van der Waals surface area contributed by atoms with Crippen LogP contribution in [-0.4, -0.2) is 84.7 Å². The van der Waals surface area contributed by atoms with Crippen molar-refractivity contribution in [1.29, 1.82) is 0 Å². The molecule has 13 nitrogen and oxygen atoms in total. The van der Waals surface area contributed by atoms with Crippen molar-refractivity contribution in [2.45, 2.75) is 57.0 Å². The Balaban J connectivity index is 0.804. The molecule has 1 N–H and O–H groups in total. The number of fused-ring (bicyclic) bond motifs is 2. The Bertz CT molecular complexity index is 2500. The number of carbonyl (C=O) groups excluding carboxylic acids is 2. The minimum atomic E-state index is -0.678. The zero-order valence-corrected chi connectivity index (χ0v) is 31.5. The van der Waals surface area contributed by atoms with Gasteiger partial charge >= 0.3 is 5.69 Å². The Labute approximate surface area is 323 Å². The number of halogens is 1. The Morgan fingerprint density at radius 3 is 2.54 bits per heavy atom. The first-order valence-corrected chi connectivity index (χ1v) is 19.7. The molecule has 2 atom stereocenters. The molecule has 3 saturated heterocycles. The number of nitrogens with zero attached hydrogens (tertiary/aromatic N) is 9. The summed E-state index contributed by atoms with van der Waals surface area (Å²) in [5.41, 5.74) is 5.79. The van der Waals surface area contributed by atoms with Crippen LogP contribution in [0.2, 0.25) is 0 Å². The van der Waals surface area contributed by atoms with Gasteiger partial charge in [0.2, 0.25) is 11.8 Å². The lowest BCUT2D eigenvalue weighted by Crippen LogP contribution is -2.46. The normalized spacial score (nSPS) is 19.4. The Morgan fingerprint density at radius 1 is 0.839 bits per heavy atom. The number of aromatic nitrogens is 6. The molecule has 288 valence electrons. The SMILES string of the molecule is Cn1c(=O)n(C2CCC(=O)NC2=O)c2ccc(CCCCN3CCN(c4cccc(-c5cnc6ccc(N7CCC[C@@H]7c7cccc(F)c7)nn56)n4)CC3)cc21. The summed E-state index contributed by atoms with van der Waals surface area (Å²) in [6.45, 7) is 5.55. The van der Waals surface area contributed by atoms with Crippen LogP contribution in [0.1, 0.15) is 61.7 Å². The summed E-state index contributed by atoms with van der Waals surface area (Å²) >= 11 is 0. The fourth-order valence-corrected chi connectivity index (χ4v) is 8.69. The largest absolute Gasteiger partial charge is 0.354 e. The van der Waals surface area contributed by atoms with Gasteiger partial charge in [0.1, 0.15) is 29.2 Å². The van der Waals surface area contributed by atoms with E-state index in [4.69, 9.17) is 10.1 Å². The van der Waals surface area contributed by atoms with Crippen LogP contribution in [0.15, 0.2) is 83.8 Å². The van der Waals surface area contributed by atoms with E-state index in [0.29, 0.717) is 11.9 Å². The molecular formula is C42H45FN10O3. The van der Waals surface area contributed by atoms with E-state index >= 15 is 0 Å². The van der Waals surface area contributed by atoms with E-state index in [1.807, 2.05) is 53.2 Å². The fourth-order valence-electron chi connectivity index (χ4n) is 8.69. The maximum atomic E-state index is 14.1. The number of amides is 2. The number of hydrogen-bond donors (Lipinski definition) is 1. The molecule has 1 unspecified atom stereocenters. The van der Waals surface area contributed by atoms with Crippen molar-refractivity contribution in [3.05, 3.63) is 106 Å². The van der Waals surface area contributed by atoms with Crippen molar-refractivity contribution < 1.29 is 14.0 Å². The number of aryl methyl sites for hydroxylation is 2. The zero-order valence-electron chi connectivity index (χ0n) is 31.5. The highest BCUT2D eigenvalue weighted by molar-refractivity contribution is 6.00. The van der Waals surface area contributed by atoms with Gasteiger partial charge in [-0.1, -0.05) is 24.3 Å². The van der Waals surface area contributed by atoms with Gasteiger partial charge < -0.3 is 9.80 Å². The summed E-state index contributed by atoms with van der Waals surface area (Å²) < 4.78 is 19.1. The average Bonchev–Trinajstić information content (AvgIpc) is 3.94. The number of pyridine rings is 1. The van der Waals surface area contributed by atoms with Crippen molar-refractivity contribution in [3.8, 4) is 11.4 Å². The molecule has 6 aromatic rings. The van der Waals surface area contributed by atoms with Gasteiger partial charge in [0.25, 0.3) is 0 Å². The van der Waals surface area contributed by atoms with Gasteiger partial charge in [-0.05, 0) is 105 Å². The lowest BCUT2D eigenvalue weighted by molar-refractivity contribution is -0.135. The molecule has 14 heteroatoms. The van der Waals surface area contributed by atoms with Crippen molar-refractivity contribution in [2.75, 3.05) is 49.1 Å². The summed E-state index contributed by atoms with van der Waals surface area (Å²) in [6, 6.07) is 22.4. The van der Waals surface area contributed by atoms with Crippen LogP contribution in [0.4, 0.5) is 16.0 Å². The zero-order chi connectivity index (χ0) is 38.3. The van der Waals surface area contributed by atoms with Crippen molar-refractivity contribution in [1.82, 2.24) is 38.9 Å². The number of anilines is 2. The summed E-state index contributed by atoms with van der Waals surface area (Å²) in [4.78, 5) is 54.2. The van der Waals surface area contributed by atoms with Gasteiger partial charge in [-0.15, -0.1) is 5.10 Å². The quantitative estimate of drug-likeness (QED) is 0.151. The minimum absolute atomic E-state index is 0.0736. The molecule has 3 aliphatic rings. The van der Waals surface area contributed by atoms with Crippen LogP contribution in [0.5, 0.6) is 0 Å². The van der Waals surface area contributed by atoms with Gasteiger partial charge in [-0.3, -0.25) is 28.9 Å². The molecule has 7 heterocycles. The second kappa shape index (κ2) is 15.0. The molecule has 0 spiro atoms. The smallest absolute Gasteiger partial charge is 0.329 e. The van der Waals surface area contributed by atoms with E-state index in [0.717, 1.165) is 117 Å². The third kappa shape index (κ3) is 6.82. The summed E-state index contributed by atoms with van der Waals surface area (Å²) in [5, 5.41) is 7.40. The van der Waals surface area contributed by atoms with Crippen LogP contribution in [-0.2, 0) is 23.1 Å². The lowest BCUT2D eigenvalue weighted by atomic mass is 10.0. The van der Waals surface area contributed by atoms with Gasteiger partial charge in [0, 0.05) is 46.2 Å². The van der Waals surface area contributed by atoms with E-state index in [2.05, 4.69) is 37.1 Å². The number of benzene rings is 2. The first-order valence-electron chi connectivity index (χ1n) is 19.7. The molecule has 0 aliphatic carbocycles. The molecule has 0 radical (unpaired) electrons. The van der Waals surface area contributed by atoms with Crippen LogP contribution in [0.25, 0.3) is 28.1 Å². The Kier molecular flexibility index (Phi) is 9.57. The van der Waals surface area contributed by atoms with Gasteiger partial charge in [-0.2, -0.15) is 0 Å². The van der Waals surface area contributed by atoms with Crippen molar-refractivity contribution >= 4 is 40.1 Å². The number of hydrogen-bond acceptors (Lipinski definition) is 9. The lowest BCUT2D eigenvalue weighted by Gasteiger charge is -2.35. The van der Waals surface area contributed by atoms with Crippen LogP contribution >= 0.6 is 0 Å². The van der Waals surface area contributed by atoms with E-state index in [1.54, 1.807) is 23.7 Å². The maximum Gasteiger partial charge on any atom is 0.329 e. The number of nitrogens with one attached hydrogen (secondary N) is 1. The molecule has 2 amide bonds. The molecule has 3 aliphatic heterocycles. The first kappa shape index (κ1) is 35.8. The van der Waals surface area contributed by atoms with Crippen LogP contribution < -0.4 is 20.8 Å². The maximum absolute atomic E-state index is 14.1.